The molecule has 0 spiro atoms. The number of nitrogens with zero attached hydrogens (tertiary/aromatic N) is 2. The first-order valence-corrected chi connectivity index (χ1v) is 8.72. The molecule has 0 aliphatic carbocycles. The van der Waals surface area contributed by atoms with E-state index in [0.29, 0.717) is 15.2 Å². The standard InChI is InChI=1S/C17H14Cl2F3N3O4/c1-3-29-23-15(27)12(19)7-9-6-10(4-5-11(9)18)25-14(26)8-13(17(20,21)22)24(2)16(25)28/h4-8H,3H2,1-2H3,(H,23,27). The van der Waals surface area contributed by atoms with Crippen LogP contribution in [0.15, 0.2) is 38.9 Å². The predicted molar refractivity (Wildman–Crippen MR) is 101 cm³/mol. The maximum absolute atomic E-state index is 13.0. The summed E-state index contributed by atoms with van der Waals surface area (Å²) in [7, 11) is 0.896. The van der Waals surface area contributed by atoms with Crippen LogP contribution in [0.1, 0.15) is 18.2 Å². The highest BCUT2D eigenvalue weighted by molar-refractivity contribution is 6.44. The van der Waals surface area contributed by atoms with Crippen LogP contribution in [-0.2, 0) is 22.9 Å². The number of aromatic nitrogens is 2. The molecule has 0 unspecified atom stereocenters. The summed E-state index contributed by atoms with van der Waals surface area (Å²) in [6.45, 7) is 1.84. The lowest BCUT2D eigenvalue weighted by atomic mass is 10.1. The van der Waals surface area contributed by atoms with Crippen LogP contribution in [0.3, 0.4) is 0 Å². The molecule has 2 aromatic rings. The third kappa shape index (κ3) is 5.08. The van der Waals surface area contributed by atoms with Gasteiger partial charge in [-0.15, -0.1) is 0 Å². The number of benzene rings is 1. The van der Waals surface area contributed by atoms with E-state index in [1.165, 1.54) is 18.2 Å². The fraction of sp³-hybridized carbons (Fsp3) is 0.235. The summed E-state index contributed by atoms with van der Waals surface area (Å²) in [4.78, 5) is 41.1. The molecular weight excluding hydrogens is 438 g/mol. The Morgan fingerprint density at radius 1 is 1.28 bits per heavy atom. The molecule has 1 amide bonds. The minimum absolute atomic E-state index is 0.0605. The monoisotopic (exact) mass is 451 g/mol. The number of nitrogens with one attached hydrogen (secondary N) is 1. The van der Waals surface area contributed by atoms with E-state index in [-0.39, 0.29) is 27.9 Å². The van der Waals surface area contributed by atoms with E-state index >= 15 is 0 Å². The van der Waals surface area contributed by atoms with Crippen LogP contribution in [0.25, 0.3) is 11.8 Å². The van der Waals surface area contributed by atoms with Crippen LogP contribution in [0.5, 0.6) is 0 Å². The van der Waals surface area contributed by atoms with Gasteiger partial charge >= 0.3 is 11.9 Å². The zero-order valence-electron chi connectivity index (χ0n) is 15.0. The summed E-state index contributed by atoms with van der Waals surface area (Å²) in [5.74, 6) is -0.766. The molecule has 0 bridgehead atoms. The van der Waals surface area contributed by atoms with Crippen molar-refractivity contribution in [3.8, 4) is 5.69 Å². The second-order valence-corrected chi connectivity index (χ2v) is 6.42. The molecule has 2 rings (SSSR count). The van der Waals surface area contributed by atoms with Crippen molar-refractivity contribution in [3.05, 3.63) is 66.4 Å². The van der Waals surface area contributed by atoms with Crippen molar-refractivity contribution < 1.29 is 22.8 Å². The highest BCUT2D eigenvalue weighted by atomic mass is 35.5. The molecule has 0 fully saturated rings. The topological polar surface area (TPSA) is 82.3 Å². The molecule has 1 aromatic carbocycles. The lowest BCUT2D eigenvalue weighted by molar-refractivity contribution is -0.144. The van der Waals surface area contributed by atoms with Crippen molar-refractivity contribution in [2.75, 3.05) is 6.61 Å². The van der Waals surface area contributed by atoms with Gasteiger partial charge in [-0.3, -0.25) is 19.0 Å². The molecule has 1 N–H and O–H groups in total. The second-order valence-electron chi connectivity index (χ2n) is 5.60. The van der Waals surface area contributed by atoms with Gasteiger partial charge in [-0.2, -0.15) is 13.2 Å². The van der Waals surface area contributed by atoms with Crippen LogP contribution in [-0.4, -0.2) is 21.6 Å². The fourth-order valence-corrected chi connectivity index (χ4v) is 2.63. The average Bonchev–Trinajstić information content (AvgIpc) is 2.64. The lowest BCUT2D eigenvalue weighted by Crippen LogP contribution is -2.40. The van der Waals surface area contributed by atoms with E-state index < -0.39 is 29.0 Å². The minimum Gasteiger partial charge on any atom is -0.292 e. The molecule has 1 heterocycles. The van der Waals surface area contributed by atoms with Crippen molar-refractivity contribution >= 4 is 35.2 Å². The largest absolute Gasteiger partial charge is 0.431 e. The first kappa shape index (κ1) is 22.7. The van der Waals surface area contributed by atoms with Gasteiger partial charge in [-0.25, -0.2) is 14.8 Å². The number of carbonyl (C=O) groups is 1. The Labute approximate surface area is 171 Å². The number of hydrogen-bond donors (Lipinski definition) is 1. The SMILES string of the molecule is CCONC(=O)C(Cl)=Cc1cc(-n2c(=O)cc(C(F)(F)F)n(C)c2=O)ccc1Cl. The summed E-state index contributed by atoms with van der Waals surface area (Å²) in [5, 5.41) is -0.196. The number of hydrogen-bond acceptors (Lipinski definition) is 4. The zero-order valence-corrected chi connectivity index (χ0v) is 16.5. The van der Waals surface area contributed by atoms with Crippen molar-refractivity contribution in [2.24, 2.45) is 7.05 Å². The Morgan fingerprint density at radius 2 is 1.93 bits per heavy atom. The van der Waals surface area contributed by atoms with Gasteiger partial charge in [0.2, 0.25) is 0 Å². The van der Waals surface area contributed by atoms with E-state index in [4.69, 9.17) is 28.0 Å². The Morgan fingerprint density at radius 3 is 2.52 bits per heavy atom. The van der Waals surface area contributed by atoms with Gasteiger partial charge < -0.3 is 0 Å². The van der Waals surface area contributed by atoms with Crippen LogP contribution in [0.4, 0.5) is 13.2 Å². The summed E-state index contributed by atoms with van der Waals surface area (Å²) in [5.41, 5.74) is -1.62. The summed E-state index contributed by atoms with van der Waals surface area (Å²) < 4.78 is 39.8. The van der Waals surface area contributed by atoms with Crippen molar-refractivity contribution in [1.82, 2.24) is 14.6 Å². The molecule has 0 aliphatic rings. The maximum Gasteiger partial charge on any atom is 0.431 e. The van der Waals surface area contributed by atoms with E-state index in [1.807, 2.05) is 0 Å². The Hall–Kier alpha value is -2.56. The van der Waals surface area contributed by atoms with E-state index in [1.54, 1.807) is 6.92 Å². The smallest absolute Gasteiger partial charge is 0.292 e. The molecule has 0 saturated heterocycles. The Bertz CT molecular complexity index is 1090. The van der Waals surface area contributed by atoms with E-state index in [9.17, 15) is 27.6 Å². The van der Waals surface area contributed by atoms with Gasteiger partial charge in [0.15, 0.2) is 0 Å². The summed E-state index contributed by atoms with van der Waals surface area (Å²) in [6, 6.07) is 4.11. The molecule has 7 nitrogen and oxygen atoms in total. The van der Waals surface area contributed by atoms with E-state index in [0.717, 1.165) is 13.1 Å². The summed E-state index contributed by atoms with van der Waals surface area (Å²) >= 11 is 11.9. The number of amides is 1. The average molecular weight is 452 g/mol. The molecule has 12 heteroatoms. The van der Waals surface area contributed by atoms with Gasteiger partial charge in [0, 0.05) is 18.1 Å². The number of alkyl halides is 3. The zero-order chi connectivity index (χ0) is 21.9. The third-order valence-electron chi connectivity index (χ3n) is 3.66. The van der Waals surface area contributed by atoms with Gasteiger partial charge in [0.1, 0.15) is 10.7 Å². The van der Waals surface area contributed by atoms with Crippen molar-refractivity contribution in [2.45, 2.75) is 13.1 Å². The van der Waals surface area contributed by atoms with Crippen LogP contribution in [0.2, 0.25) is 5.02 Å². The molecule has 0 radical (unpaired) electrons. The van der Waals surface area contributed by atoms with Crippen LogP contribution >= 0.6 is 23.2 Å². The third-order valence-corrected chi connectivity index (χ3v) is 4.28. The first-order chi connectivity index (χ1) is 13.5. The van der Waals surface area contributed by atoms with Crippen LogP contribution < -0.4 is 16.7 Å². The number of hydroxylamine groups is 1. The number of halogens is 5. The molecular formula is C17H14Cl2F3N3O4. The van der Waals surface area contributed by atoms with Gasteiger partial charge in [0.25, 0.3) is 11.5 Å². The molecule has 156 valence electrons. The molecule has 0 atom stereocenters. The van der Waals surface area contributed by atoms with Gasteiger partial charge in [-0.05, 0) is 36.8 Å². The number of rotatable bonds is 5. The predicted octanol–water partition coefficient (Wildman–Crippen LogP) is 2.86. The quantitative estimate of drug-likeness (QED) is 0.559. The Balaban J connectivity index is 2.58. The van der Waals surface area contributed by atoms with Crippen molar-refractivity contribution in [3.63, 3.8) is 0 Å². The number of carbonyl (C=O) groups excluding carboxylic acids is 1. The molecule has 0 aliphatic heterocycles. The van der Waals surface area contributed by atoms with Gasteiger partial charge in [0.05, 0.1) is 12.3 Å². The Kier molecular flexibility index (Phi) is 6.93. The highest BCUT2D eigenvalue weighted by Gasteiger charge is 2.35. The first-order valence-electron chi connectivity index (χ1n) is 7.97. The lowest BCUT2D eigenvalue weighted by Gasteiger charge is -2.14. The molecule has 1 aromatic heterocycles. The molecule has 0 saturated carbocycles. The minimum atomic E-state index is -4.87. The highest BCUT2D eigenvalue weighted by Crippen LogP contribution is 2.27. The second kappa shape index (κ2) is 8.85. The summed E-state index contributed by atoms with van der Waals surface area (Å²) in [6.07, 6.45) is -3.72. The van der Waals surface area contributed by atoms with Crippen molar-refractivity contribution in [1.29, 1.82) is 0 Å². The normalized spacial score (nSPS) is 12.2. The maximum atomic E-state index is 13.0. The fourth-order valence-electron chi connectivity index (χ4n) is 2.30. The van der Waals surface area contributed by atoms with E-state index in [2.05, 4.69) is 5.48 Å². The van der Waals surface area contributed by atoms with Gasteiger partial charge in [-0.1, -0.05) is 23.2 Å². The molecule has 29 heavy (non-hydrogen) atoms. The van der Waals surface area contributed by atoms with Crippen LogP contribution in [0, 0.1) is 0 Å².